The van der Waals surface area contributed by atoms with Gasteiger partial charge < -0.3 is 14.9 Å². The maximum Gasteiger partial charge on any atom is 0.282 e. The molecule has 0 unspecified atom stereocenters. The Morgan fingerprint density at radius 1 is 1.00 bits per heavy atom. The minimum atomic E-state index is -1.01. The monoisotopic (exact) mass is 188 g/mol. The van der Waals surface area contributed by atoms with Crippen molar-refractivity contribution in [3.8, 4) is 0 Å². The highest BCUT2D eigenvalue weighted by Gasteiger charge is 2.31. The second kappa shape index (κ2) is 5.63. The van der Waals surface area contributed by atoms with Gasteiger partial charge in [-0.2, -0.15) is 0 Å². The maximum atomic E-state index is 9.10. The van der Waals surface area contributed by atoms with E-state index in [1.165, 1.54) is 0 Å². The van der Waals surface area contributed by atoms with Gasteiger partial charge in [-0.25, -0.2) is 0 Å². The number of aliphatic hydroxyl groups is 2. The Labute approximate surface area is 82.6 Å². The van der Waals surface area contributed by atoms with Crippen LogP contribution in [0.1, 0.15) is 41.5 Å². The van der Waals surface area contributed by atoms with Crippen LogP contribution in [0, 0.1) is 0 Å². The molecule has 3 nitrogen and oxygen atoms in total. The summed E-state index contributed by atoms with van der Waals surface area (Å²) in [4.78, 5) is 0. The predicted octanol–water partition coefficient (Wildman–Crippen LogP) is 1.02. The molecule has 0 saturated carbocycles. The Kier molecular flexibility index (Phi) is 6.68. The molecule has 2 N–H and O–H groups in total. The first-order valence-electron chi connectivity index (χ1n) is 4.32. The van der Waals surface area contributed by atoms with Crippen LogP contribution < -0.4 is 0 Å². The van der Waals surface area contributed by atoms with Crippen molar-refractivity contribution in [2.45, 2.75) is 58.8 Å². The second-order valence-corrected chi connectivity index (χ2v) is 4.30. The van der Waals surface area contributed by atoms with Gasteiger partial charge in [0, 0.05) is 6.10 Å². The van der Waals surface area contributed by atoms with E-state index in [-0.39, 0.29) is 6.10 Å². The van der Waals surface area contributed by atoms with Crippen LogP contribution in [0.3, 0.4) is 0 Å². The summed E-state index contributed by atoms with van der Waals surface area (Å²) in [5.41, 5.74) is -2.01. The van der Waals surface area contributed by atoms with Crippen molar-refractivity contribution in [2.75, 3.05) is 0 Å². The highest BCUT2D eigenvalue weighted by molar-refractivity contribution is 5.98. The van der Waals surface area contributed by atoms with E-state index in [0.717, 1.165) is 0 Å². The molecule has 0 saturated heterocycles. The zero-order chi connectivity index (χ0) is 11.3. The van der Waals surface area contributed by atoms with E-state index in [9.17, 15) is 0 Å². The lowest BCUT2D eigenvalue weighted by Crippen LogP contribution is -2.44. The first kappa shape index (κ1) is 15.4. The van der Waals surface area contributed by atoms with E-state index in [1.807, 2.05) is 13.8 Å². The fraction of sp³-hybridized carbons (Fsp3) is 1.00. The van der Waals surface area contributed by atoms with Crippen LogP contribution in [0.4, 0.5) is 0 Å². The summed E-state index contributed by atoms with van der Waals surface area (Å²) in [5, 5.41) is 18.2. The molecule has 0 atom stereocenters. The van der Waals surface area contributed by atoms with Crippen LogP contribution in [0.15, 0.2) is 0 Å². The minimum absolute atomic E-state index is 0.162. The average Bonchev–Trinajstić information content (AvgIpc) is 1.84. The van der Waals surface area contributed by atoms with Gasteiger partial charge in [-0.1, -0.05) is 0 Å². The molecule has 2 radical (unpaired) electrons. The molecule has 0 heterocycles. The fourth-order valence-electron chi connectivity index (χ4n) is 0. The summed E-state index contributed by atoms with van der Waals surface area (Å²) < 4.78 is 4.25. The SMILES string of the molecule is CC(C)(O)C(C)(C)O.[B]OC(C)C. The number of hydrogen-bond acceptors (Lipinski definition) is 3. The molecule has 0 bridgehead atoms. The Bertz CT molecular complexity index is 110. The topological polar surface area (TPSA) is 49.7 Å². The second-order valence-electron chi connectivity index (χ2n) is 4.30. The lowest BCUT2D eigenvalue weighted by atomic mass is 9.90. The summed E-state index contributed by atoms with van der Waals surface area (Å²) in [6.45, 7) is 10.1. The summed E-state index contributed by atoms with van der Waals surface area (Å²) >= 11 is 0. The van der Waals surface area contributed by atoms with Crippen LogP contribution in [0.25, 0.3) is 0 Å². The third kappa shape index (κ3) is 9.86. The molecule has 0 aromatic heterocycles. The van der Waals surface area contributed by atoms with Crippen LogP contribution in [0.2, 0.25) is 0 Å². The molecule has 4 heteroatoms. The summed E-state index contributed by atoms with van der Waals surface area (Å²) in [6.07, 6.45) is 0.162. The van der Waals surface area contributed by atoms with E-state index >= 15 is 0 Å². The maximum absolute atomic E-state index is 9.10. The highest BCUT2D eigenvalue weighted by atomic mass is 16.4. The Balaban J connectivity index is 0. The molecule has 0 rings (SSSR count). The van der Waals surface area contributed by atoms with E-state index in [2.05, 4.69) is 12.7 Å². The number of hydrogen-bond donors (Lipinski definition) is 2. The lowest BCUT2D eigenvalue weighted by molar-refractivity contribution is -0.107. The number of rotatable bonds is 2. The zero-order valence-corrected chi connectivity index (χ0v) is 9.46. The average molecular weight is 188 g/mol. The molecule has 0 amide bonds. The molecule has 0 fully saturated rings. The fourth-order valence-corrected chi connectivity index (χ4v) is 0. The van der Waals surface area contributed by atoms with Gasteiger partial charge in [0.05, 0.1) is 11.2 Å². The quantitative estimate of drug-likeness (QED) is 0.636. The van der Waals surface area contributed by atoms with Crippen molar-refractivity contribution in [3.05, 3.63) is 0 Å². The molecule has 0 aliphatic rings. The van der Waals surface area contributed by atoms with Crippen LogP contribution in [0.5, 0.6) is 0 Å². The van der Waals surface area contributed by atoms with Gasteiger partial charge in [0.15, 0.2) is 0 Å². The Morgan fingerprint density at radius 2 is 1.15 bits per heavy atom. The van der Waals surface area contributed by atoms with Gasteiger partial charge in [-0.05, 0) is 41.5 Å². The highest BCUT2D eigenvalue weighted by Crippen LogP contribution is 2.19. The van der Waals surface area contributed by atoms with Crippen LogP contribution in [-0.4, -0.2) is 35.6 Å². The molecule has 0 spiro atoms. The van der Waals surface area contributed by atoms with Gasteiger partial charge in [-0.3, -0.25) is 0 Å². The van der Waals surface area contributed by atoms with Crippen molar-refractivity contribution >= 4 is 8.05 Å². The Morgan fingerprint density at radius 3 is 1.15 bits per heavy atom. The molecule has 78 valence electrons. The largest absolute Gasteiger partial charge is 0.446 e. The van der Waals surface area contributed by atoms with Gasteiger partial charge in [0.25, 0.3) is 8.05 Å². The first-order valence-corrected chi connectivity index (χ1v) is 4.32. The van der Waals surface area contributed by atoms with E-state index in [4.69, 9.17) is 10.2 Å². The Hall–Kier alpha value is -0.0551. The standard InChI is InChI=1S/C6H14O2.C3H7BO/c1-5(2,7)6(3,4)8;1-3(2)5-4/h7-8H,1-4H3;3H,1-2H3. The molecule has 0 aliphatic heterocycles. The predicted molar refractivity (Wildman–Crippen MR) is 54.6 cm³/mol. The molecule has 0 aliphatic carbocycles. The van der Waals surface area contributed by atoms with Crippen LogP contribution in [-0.2, 0) is 4.65 Å². The van der Waals surface area contributed by atoms with Crippen molar-refractivity contribution in [2.24, 2.45) is 0 Å². The normalized spacial score (nSPS) is 12.4. The van der Waals surface area contributed by atoms with Gasteiger partial charge in [-0.15, -0.1) is 0 Å². The zero-order valence-electron chi connectivity index (χ0n) is 9.46. The molecular weight excluding hydrogens is 167 g/mol. The van der Waals surface area contributed by atoms with E-state index in [0.29, 0.717) is 0 Å². The molecule has 0 aromatic carbocycles. The molecule has 13 heavy (non-hydrogen) atoms. The van der Waals surface area contributed by atoms with Crippen molar-refractivity contribution < 1.29 is 14.9 Å². The van der Waals surface area contributed by atoms with Crippen molar-refractivity contribution in [3.63, 3.8) is 0 Å². The van der Waals surface area contributed by atoms with Crippen LogP contribution >= 0.6 is 0 Å². The third-order valence-corrected chi connectivity index (χ3v) is 1.77. The van der Waals surface area contributed by atoms with Gasteiger partial charge in [0.1, 0.15) is 0 Å². The van der Waals surface area contributed by atoms with Gasteiger partial charge in [0.2, 0.25) is 0 Å². The van der Waals surface area contributed by atoms with Gasteiger partial charge >= 0.3 is 0 Å². The lowest BCUT2D eigenvalue weighted by Gasteiger charge is -2.31. The van der Waals surface area contributed by atoms with Crippen molar-refractivity contribution in [1.82, 2.24) is 0 Å². The van der Waals surface area contributed by atoms with E-state index in [1.54, 1.807) is 27.7 Å². The smallest absolute Gasteiger partial charge is 0.282 e. The minimum Gasteiger partial charge on any atom is -0.446 e. The van der Waals surface area contributed by atoms with E-state index < -0.39 is 11.2 Å². The molecule has 0 aromatic rings. The summed E-state index contributed by atoms with van der Waals surface area (Å²) in [6, 6.07) is 0. The first-order chi connectivity index (χ1) is 5.52. The third-order valence-electron chi connectivity index (χ3n) is 1.77. The molecular formula is C9H21BO3. The summed E-state index contributed by atoms with van der Waals surface area (Å²) in [5.74, 6) is 0. The van der Waals surface area contributed by atoms with Crippen molar-refractivity contribution in [1.29, 1.82) is 0 Å². The summed E-state index contributed by atoms with van der Waals surface area (Å²) in [7, 11) is 4.67.